The molecule has 142 valence electrons. The average Bonchev–Trinajstić information content (AvgIpc) is 3.04. The van der Waals surface area contributed by atoms with E-state index >= 15 is 0 Å². The Balaban J connectivity index is 1.86. The third kappa shape index (κ3) is 6.15. The number of hydrogen-bond donors (Lipinski definition) is 3. The Labute approximate surface area is 154 Å². The van der Waals surface area contributed by atoms with E-state index in [1.807, 2.05) is 20.0 Å². The van der Waals surface area contributed by atoms with E-state index in [1.54, 1.807) is 36.1 Å². The Morgan fingerprint density at radius 3 is 2.85 bits per heavy atom. The van der Waals surface area contributed by atoms with Gasteiger partial charge in [-0.1, -0.05) is 12.1 Å². The number of benzene rings is 1. The second-order valence-electron chi connectivity index (χ2n) is 6.53. The fourth-order valence-corrected chi connectivity index (χ4v) is 2.56. The number of hydrogen-bond acceptors (Lipinski definition) is 3. The first-order chi connectivity index (χ1) is 12.4. The molecule has 2 rings (SSSR count). The van der Waals surface area contributed by atoms with Crippen LogP contribution in [-0.4, -0.2) is 40.5 Å². The van der Waals surface area contributed by atoms with Gasteiger partial charge in [0.05, 0.1) is 12.7 Å². The van der Waals surface area contributed by atoms with Crippen LogP contribution in [0.25, 0.3) is 0 Å². The summed E-state index contributed by atoms with van der Waals surface area (Å²) >= 11 is 0. The van der Waals surface area contributed by atoms with Crippen molar-refractivity contribution in [3.05, 3.63) is 53.6 Å². The van der Waals surface area contributed by atoms with E-state index in [0.717, 1.165) is 30.5 Å². The highest BCUT2D eigenvalue weighted by molar-refractivity contribution is 5.79. The maximum Gasteiger partial charge on any atom is 0.191 e. The molecule has 0 aliphatic rings. The molecule has 0 bridgehead atoms. The van der Waals surface area contributed by atoms with Crippen LogP contribution in [0, 0.1) is 5.82 Å². The highest BCUT2D eigenvalue weighted by Crippen LogP contribution is 2.19. The maximum atomic E-state index is 13.2. The van der Waals surface area contributed by atoms with Gasteiger partial charge in [0.15, 0.2) is 5.96 Å². The van der Waals surface area contributed by atoms with Crippen LogP contribution in [0.4, 0.5) is 4.39 Å². The Bertz CT molecular complexity index is 726. The van der Waals surface area contributed by atoms with Crippen molar-refractivity contribution in [1.29, 1.82) is 0 Å². The van der Waals surface area contributed by atoms with Gasteiger partial charge >= 0.3 is 0 Å². The molecule has 0 amide bonds. The summed E-state index contributed by atoms with van der Waals surface area (Å²) in [7, 11) is 1.81. The normalized spacial score (nSPS) is 14.1. The summed E-state index contributed by atoms with van der Waals surface area (Å²) < 4.78 is 14.8. The van der Waals surface area contributed by atoms with Crippen molar-refractivity contribution in [3.8, 4) is 0 Å². The van der Waals surface area contributed by atoms with Crippen molar-refractivity contribution in [2.75, 3.05) is 19.6 Å². The van der Waals surface area contributed by atoms with E-state index in [2.05, 4.69) is 20.7 Å². The SMILES string of the molecule is CCNC(=NCC(C)(O)c1cnn(C)c1)NCCCc1cccc(F)c1. The second kappa shape index (κ2) is 9.33. The minimum Gasteiger partial charge on any atom is -0.383 e. The number of nitrogens with one attached hydrogen (secondary N) is 2. The highest BCUT2D eigenvalue weighted by Gasteiger charge is 2.24. The van der Waals surface area contributed by atoms with Gasteiger partial charge in [-0.25, -0.2) is 9.38 Å². The molecule has 1 heterocycles. The summed E-state index contributed by atoms with van der Waals surface area (Å²) in [5, 5.41) is 21.1. The van der Waals surface area contributed by atoms with E-state index in [-0.39, 0.29) is 12.4 Å². The zero-order valence-corrected chi connectivity index (χ0v) is 15.7. The Hall–Kier alpha value is -2.41. The van der Waals surface area contributed by atoms with Gasteiger partial charge in [-0.3, -0.25) is 4.68 Å². The van der Waals surface area contributed by atoms with Crippen LogP contribution < -0.4 is 10.6 Å². The molecule has 7 heteroatoms. The van der Waals surface area contributed by atoms with Crippen molar-refractivity contribution in [1.82, 2.24) is 20.4 Å². The maximum absolute atomic E-state index is 13.2. The van der Waals surface area contributed by atoms with E-state index in [4.69, 9.17) is 0 Å². The molecule has 2 aromatic rings. The highest BCUT2D eigenvalue weighted by atomic mass is 19.1. The van der Waals surface area contributed by atoms with Gasteiger partial charge in [0, 0.05) is 31.9 Å². The number of guanidine groups is 1. The number of rotatable bonds is 8. The fraction of sp³-hybridized carbons (Fsp3) is 0.474. The molecule has 0 saturated carbocycles. The summed E-state index contributed by atoms with van der Waals surface area (Å²) in [4.78, 5) is 4.48. The monoisotopic (exact) mass is 361 g/mol. The second-order valence-corrected chi connectivity index (χ2v) is 6.53. The summed E-state index contributed by atoms with van der Waals surface area (Å²) in [5.41, 5.74) is 0.622. The molecule has 1 unspecified atom stereocenters. The van der Waals surface area contributed by atoms with Crippen LogP contribution in [-0.2, 0) is 19.1 Å². The topological polar surface area (TPSA) is 74.5 Å². The first kappa shape index (κ1) is 19.9. The summed E-state index contributed by atoms with van der Waals surface area (Å²) in [6, 6.07) is 6.66. The third-order valence-corrected chi connectivity index (χ3v) is 4.04. The summed E-state index contributed by atoms with van der Waals surface area (Å²) in [6.07, 6.45) is 5.08. The molecule has 1 aromatic carbocycles. The van der Waals surface area contributed by atoms with Gasteiger partial charge in [-0.2, -0.15) is 5.10 Å². The lowest BCUT2D eigenvalue weighted by Gasteiger charge is -2.20. The zero-order chi connectivity index (χ0) is 19.0. The van der Waals surface area contributed by atoms with Gasteiger partial charge in [-0.15, -0.1) is 0 Å². The van der Waals surface area contributed by atoms with E-state index in [1.165, 1.54) is 6.07 Å². The quantitative estimate of drug-likeness (QED) is 0.382. The lowest BCUT2D eigenvalue weighted by molar-refractivity contribution is 0.0672. The smallest absolute Gasteiger partial charge is 0.191 e. The van der Waals surface area contributed by atoms with Crippen molar-refractivity contribution in [2.24, 2.45) is 12.0 Å². The van der Waals surface area contributed by atoms with Crippen molar-refractivity contribution < 1.29 is 9.50 Å². The summed E-state index contributed by atoms with van der Waals surface area (Å²) in [5.74, 6) is 0.443. The molecule has 1 atom stereocenters. The van der Waals surface area contributed by atoms with Gasteiger partial charge < -0.3 is 15.7 Å². The molecular weight excluding hydrogens is 333 g/mol. The average molecular weight is 361 g/mol. The minimum absolute atomic E-state index is 0.206. The predicted octanol–water partition coefficient (Wildman–Crippen LogP) is 1.95. The fourth-order valence-electron chi connectivity index (χ4n) is 2.56. The standard InChI is InChI=1S/C19H28FN5O/c1-4-21-18(22-10-6-8-15-7-5-9-17(20)11-15)23-14-19(2,26)16-12-24-25(3)13-16/h5,7,9,11-13,26H,4,6,8,10,14H2,1-3H3,(H2,21,22,23). The number of aliphatic imine (C=N–C) groups is 1. The van der Waals surface area contributed by atoms with Crippen molar-refractivity contribution in [3.63, 3.8) is 0 Å². The molecule has 26 heavy (non-hydrogen) atoms. The number of halogens is 1. The predicted molar refractivity (Wildman–Crippen MR) is 101 cm³/mol. The zero-order valence-electron chi connectivity index (χ0n) is 15.7. The third-order valence-electron chi connectivity index (χ3n) is 4.04. The molecule has 0 radical (unpaired) electrons. The van der Waals surface area contributed by atoms with Crippen LogP contribution in [0.3, 0.4) is 0 Å². The molecule has 0 fully saturated rings. The Morgan fingerprint density at radius 1 is 1.38 bits per heavy atom. The Morgan fingerprint density at radius 2 is 2.19 bits per heavy atom. The molecule has 0 saturated heterocycles. The van der Waals surface area contributed by atoms with Gasteiger partial charge in [0.25, 0.3) is 0 Å². The van der Waals surface area contributed by atoms with E-state index in [0.29, 0.717) is 12.5 Å². The molecule has 6 nitrogen and oxygen atoms in total. The lowest BCUT2D eigenvalue weighted by atomic mass is 10.0. The number of aryl methyl sites for hydroxylation is 2. The van der Waals surface area contributed by atoms with Crippen LogP contribution >= 0.6 is 0 Å². The van der Waals surface area contributed by atoms with Crippen LogP contribution in [0.2, 0.25) is 0 Å². The van der Waals surface area contributed by atoms with E-state index < -0.39 is 5.60 Å². The molecule has 1 aromatic heterocycles. The van der Waals surface area contributed by atoms with Crippen LogP contribution in [0.5, 0.6) is 0 Å². The molecular formula is C19H28FN5O. The van der Waals surface area contributed by atoms with Crippen LogP contribution in [0.15, 0.2) is 41.7 Å². The first-order valence-electron chi connectivity index (χ1n) is 8.89. The molecule has 0 spiro atoms. The number of nitrogens with zero attached hydrogens (tertiary/aromatic N) is 3. The minimum atomic E-state index is -1.09. The largest absolute Gasteiger partial charge is 0.383 e. The summed E-state index contributed by atoms with van der Waals surface area (Å²) in [6.45, 7) is 5.37. The van der Waals surface area contributed by atoms with Gasteiger partial charge in [0.2, 0.25) is 0 Å². The van der Waals surface area contributed by atoms with Crippen molar-refractivity contribution >= 4 is 5.96 Å². The molecule has 0 aliphatic heterocycles. The number of aliphatic hydroxyl groups is 1. The molecule has 3 N–H and O–H groups in total. The van der Waals surface area contributed by atoms with E-state index in [9.17, 15) is 9.50 Å². The first-order valence-corrected chi connectivity index (χ1v) is 8.89. The van der Waals surface area contributed by atoms with Crippen LogP contribution in [0.1, 0.15) is 31.4 Å². The lowest BCUT2D eigenvalue weighted by Crippen LogP contribution is -2.39. The number of aromatic nitrogens is 2. The molecule has 0 aliphatic carbocycles. The Kier molecular flexibility index (Phi) is 7.15. The van der Waals surface area contributed by atoms with Gasteiger partial charge in [-0.05, 0) is 44.4 Å². The van der Waals surface area contributed by atoms with Gasteiger partial charge in [0.1, 0.15) is 11.4 Å². The van der Waals surface area contributed by atoms with Crippen molar-refractivity contribution in [2.45, 2.75) is 32.3 Å².